The van der Waals surface area contributed by atoms with Crippen molar-refractivity contribution in [2.24, 2.45) is 0 Å². The molecule has 0 saturated carbocycles. The number of esters is 1. The van der Waals surface area contributed by atoms with E-state index in [1.54, 1.807) is 35.2 Å². The summed E-state index contributed by atoms with van der Waals surface area (Å²) < 4.78 is 44.0. The highest BCUT2D eigenvalue weighted by Crippen LogP contribution is 2.32. The van der Waals surface area contributed by atoms with Crippen molar-refractivity contribution in [3.8, 4) is 11.3 Å². The van der Waals surface area contributed by atoms with Crippen LogP contribution in [0.1, 0.15) is 16.1 Å². The van der Waals surface area contributed by atoms with E-state index < -0.39 is 24.3 Å². The summed E-state index contributed by atoms with van der Waals surface area (Å²) in [7, 11) is 0. The molecule has 1 aromatic heterocycles. The van der Waals surface area contributed by atoms with E-state index in [-0.39, 0.29) is 11.6 Å². The topological polar surface area (TPSA) is 78.5 Å². The number of benzene rings is 2. The molecule has 178 valence electrons. The molecule has 0 radical (unpaired) electrons. The highest BCUT2D eigenvalue weighted by molar-refractivity contribution is 6.30. The van der Waals surface area contributed by atoms with Gasteiger partial charge in [-0.1, -0.05) is 29.8 Å². The van der Waals surface area contributed by atoms with Gasteiger partial charge in [0.25, 0.3) is 5.91 Å². The number of nitrogens with zero attached hydrogens (tertiary/aromatic N) is 3. The molecule has 1 fully saturated rings. The Hall–Kier alpha value is -3.53. The van der Waals surface area contributed by atoms with E-state index in [0.29, 0.717) is 42.6 Å². The quantitative estimate of drug-likeness (QED) is 0.539. The molecule has 11 heteroatoms. The molecule has 1 amide bonds. The van der Waals surface area contributed by atoms with E-state index >= 15 is 0 Å². The third-order valence-electron chi connectivity index (χ3n) is 5.44. The number of piperazine rings is 1. The van der Waals surface area contributed by atoms with Gasteiger partial charge in [-0.25, -0.2) is 4.79 Å². The number of amides is 1. The van der Waals surface area contributed by atoms with Crippen LogP contribution in [0.15, 0.2) is 54.6 Å². The Balaban J connectivity index is 1.28. The molecular weight excluding hydrogens is 473 g/mol. The van der Waals surface area contributed by atoms with Crippen molar-refractivity contribution in [2.45, 2.75) is 6.18 Å². The zero-order valence-electron chi connectivity index (χ0n) is 17.8. The van der Waals surface area contributed by atoms with Crippen molar-refractivity contribution in [2.75, 3.05) is 37.7 Å². The predicted molar refractivity (Wildman–Crippen MR) is 120 cm³/mol. The molecule has 1 aliphatic heterocycles. The number of anilines is 1. The van der Waals surface area contributed by atoms with Crippen LogP contribution in [0.5, 0.6) is 0 Å². The van der Waals surface area contributed by atoms with E-state index in [1.165, 1.54) is 17.0 Å². The Morgan fingerprint density at radius 3 is 2.41 bits per heavy atom. The molecule has 1 N–H and O–H groups in total. The minimum absolute atomic E-state index is 0.104. The normalized spacial score (nSPS) is 14.2. The third-order valence-corrected chi connectivity index (χ3v) is 5.69. The van der Waals surface area contributed by atoms with Gasteiger partial charge < -0.3 is 14.5 Å². The van der Waals surface area contributed by atoms with Crippen molar-refractivity contribution >= 4 is 29.2 Å². The standard InChI is InChI=1S/C23H20ClF3N4O3/c24-17-6-4-15(5-7-17)19-13-20(29-28-19)22(33)34-14-21(32)31-10-8-30(9-11-31)18-3-1-2-16(12-18)23(25,26)27/h1-7,12-13H,8-11,14H2,(H,28,29). The lowest BCUT2D eigenvalue weighted by Crippen LogP contribution is -2.50. The van der Waals surface area contributed by atoms with Crippen LogP contribution < -0.4 is 4.90 Å². The first kappa shape index (κ1) is 23.6. The Labute approximate surface area is 198 Å². The van der Waals surface area contributed by atoms with Gasteiger partial charge in [-0.05, 0) is 36.4 Å². The number of nitrogens with one attached hydrogen (secondary N) is 1. The number of alkyl halides is 3. The molecule has 7 nitrogen and oxygen atoms in total. The fraction of sp³-hybridized carbons (Fsp3) is 0.261. The van der Waals surface area contributed by atoms with Crippen LogP contribution in [-0.2, 0) is 15.7 Å². The number of ether oxygens (including phenoxy) is 1. The lowest BCUT2D eigenvalue weighted by atomic mass is 10.1. The van der Waals surface area contributed by atoms with Gasteiger partial charge in [0, 0.05) is 42.5 Å². The molecule has 0 unspecified atom stereocenters. The summed E-state index contributed by atoms with van der Waals surface area (Å²) in [6, 6.07) is 13.5. The Morgan fingerprint density at radius 1 is 1.03 bits per heavy atom. The minimum Gasteiger partial charge on any atom is -0.451 e. The summed E-state index contributed by atoms with van der Waals surface area (Å²) in [6.45, 7) is 0.893. The van der Waals surface area contributed by atoms with E-state index in [0.717, 1.165) is 17.7 Å². The van der Waals surface area contributed by atoms with Crippen LogP contribution in [0.3, 0.4) is 0 Å². The smallest absolute Gasteiger partial charge is 0.416 e. The van der Waals surface area contributed by atoms with Crippen molar-refractivity contribution in [1.29, 1.82) is 0 Å². The molecule has 4 rings (SSSR count). The number of carbonyl (C=O) groups excluding carboxylic acids is 2. The first-order chi connectivity index (χ1) is 16.2. The van der Waals surface area contributed by atoms with Gasteiger partial charge in [-0.3, -0.25) is 9.89 Å². The Bertz CT molecular complexity index is 1170. The maximum atomic E-state index is 13.0. The van der Waals surface area contributed by atoms with Gasteiger partial charge in [-0.2, -0.15) is 18.3 Å². The molecule has 0 spiro atoms. The zero-order valence-corrected chi connectivity index (χ0v) is 18.6. The Morgan fingerprint density at radius 2 is 1.74 bits per heavy atom. The predicted octanol–water partition coefficient (Wildman–Crippen LogP) is 4.25. The van der Waals surface area contributed by atoms with E-state index in [4.69, 9.17) is 16.3 Å². The monoisotopic (exact) mass is 492 g/mol. The number of halogens is 4. The van der Waals surface area contributed by atoms with Gasteiger partial charge >= 0.3 is 12.1 Å². The van der Waals surface area contributed by atoms with Gasteiger partial charge in [0.15, 0.2) is 6.61 Å². The summed E-state index contributed by atoms with van der Waals surface area (Å²) in [5, 5.41) is 7.24. The molecule has 2 aromatic carbocycles. The average molecular weight is 493 g/mol. The summed E-state index contributed by atoms with van der Waals surface area (Å²) in [5.41, 5.74) is 1.12. The second kappa shape index (κ2) is 9.76. The van der Waals surface area contributed by atoms with Crippen molar-refractivity contribution in [3.05, 3.63) is 70.9 Å². The van der Waals surface area contributed by atoms with Gasteiger partial charge in [0.05, 0.1) is 11.3 Å². The van der Waals surface area contributed by atoms with Crippen LogP contribution in [0, 0.1) is 0 Å². The summed E-state index contributed by atoms with van der Waals surface area (Å²) in [4.78, 5) is 28.1. The van der Waals surface area contributed by atoms with E-state index in [2.05, 4.69) is 10.2 Å². The number of aromatic nitrogens is 2. The number of H-pyrrole nitrogens is 1. The van der Waals surface area contributed by atoms with Crippen LogP contribution in [0.25, 0.3) is 11.3 Å². The molecular formula is C23H20ClF3N4O3. The fourth-order valence-corrected chi connectivity index (χ4v) is 3.71. The molecule has 0 atom stereocenters. The summed E-state index contributed by atoms with van der Waals surface area (Å²) >= 11 is 5.87. The number of aromatic amines is 1. The molecule has 3 aromatic rings. The van der Waals surface area contributed by atoms with Crippen LogP contribution in [0.2, 0.25) is 5.02 Å². The van der Waals surface area contributed by atoms with Gasteiger partial charge in [-0.15, -0.1) is 0 Å². The lowest BCUT2D eigenvalue weighted by molar-refractivity contribution is -0.137. The molecule has 0 aliphatic carbocycles. The van der Waals surface area contributed by atoms with E-state index in [1.807, 2.05) is 0 Å². The maximum absolute atomic E-state index is 13.0. The summed E-state index contributed by atoms with van der Waals surface area (Å²) in [5.74, 6) is -1.10. The number of carbonyl (C=O) groups is 2. The Kier molecular flexibility index (Phi) is 6.78. The molecule has 1 saturated heterocycles. The van der Waals surface area contributed by atoms with Crippen molar-refractivity contribution in [1.82, 2.24) is 15.1 Å². The van der Waals surface area contributed by atoms with Gasteiger partial charge in [0.2, 0.25) is 0 Å². The second-order valence-electron chi connectivity index (χ2n) is 7.67. The molecule has 0 bridgehead atoms. The number of hydrogen-bond donors (Lipinski definition) is 1. The minimum atomic E-state index is -4.41. The maximum Gasteiger partial charge on any atom is 0.416 e. The SMILES string of the molecule is O=C(OCC(=O)N1CCN(c2cccc(C(F)(F)F)c2)CC1)c1cc(-c2ccc(Cl)cc2)n[nH]1. The van der Waals surface area contributed by atoms with Gasteiger partial charge in [0.1, 0.15) is 5.69 Å². The van der Waals surface area contributed by atoms with Crippen molar-refractivity contribution in [3.63, 3.8) is 0 Å². The highest BCUT2D eigenvalue weighted by Gasteiger charge is 2.31. The van der Waals surface area contributed by atoms with Crippen molar-refractivity contribution < 1.29 is 27.5 Å². The first-order valence-corrected chi connectivity index (χ1v) is 10.8. The van der Waals surface area contributed by atoms with Crippen LogP contribution in [0.4, 0.5) is 18.9 Å². The van der Waals surface area contributed by atoms with E-state index in [9.17, 15) is 22.8 Å². The van der Waals surface area contributed by atoms with Crippen LogP contribution in [-0.4, -0.2) is 59.8 Å². The lowest BCUT2D eigenvalue weighted by Gasteiger charge is -2.36. The third kappa shape index (κ3) is 5.51. The summed E-state index contributed by atoms with van der Waals surface area (Å²) in [6.07, 6.45) is -4.41. The zero-order chi connectivity index (χ0) is 24.3. The number of hydrogen-bond acceptors (Lipinski definition) is 5. The molecule has 1 aliphatic rings. The number of rotatable bonds is 5. The van der Waals surface area contributed by atoms with Crippen LogP contribution >= 0.6 is 11.6 Å². The average Bonchev–Trinajstić information content (AvgIpc) is 3.33. The fourth-order valence-electron chi connectivity index (χ4n) is 3.58. The highest BCUT2D eigenvalue weighted by atomic mass is 35.5. The molecule has 34 heavy (non-hydrogen) atoms. The largest absolute Gasteiger partial charge is 0.451 e. The first-order valence-electron chi connectivity index (χ1n) is 10.4. The second-order valence-corrected chi connectivity index (χ2v) is 8.10. The molecule has 2 heterocycles.